The summed E-state index contributed by atoms with van der Waals surface area (Å²) >= 11 is 0. The molecule has 0 N–H and O–H groups in total. The molecule has 0 bridgehead atoms. The molecule has 1 aromatic carbocycles. The molecule has 0 radical (unpaired) electrons. The second-order valence-electron chi connectivity index (χ2n) is 4.10. The molecule has 0 saturated carbocycles. The van der Waals surface area contributed by atoms with Gasteiger partial charge in [-0.2, -0.15) is 0 Å². The second-order valence-corrected chi connectivity index (χ2v) is 4.10. The lowest BCUT2D eigenvalue weighted by atomic mass is 9.95. The topological polar surface area (TPSA) is 17.1 Å². The van der Waals surface area contributed by atoms with Crippen molar-refractivity contribution < 1.29 is 4.79 Å². The molecule has 1 atom stereocenters. The van der Waals surface area contributed by atoms with E-state index in [0.29, 0.717) is 0 Å². The predicted octanol–water partition coefficient (Wildman–Crippen LogP) is 3.87. The Hall–Kier alpha value is -1.11. The van der Waals surface area contributed by atoms with Gasteiger partial charge in [-0.05, 0) is 18.4 Å². The molecule has 0 amide bonds. The van der Waals surface area contributed by atoms with Crippen LogP contribution < -0.4 is 0 Å². The molecular formula is C14H20O. The van der Waals surface area contributed by atoms with E-state index in [2.05, 4.69) is 13.8 Å². The Kier molecular flexibility index (Phi) is 4.54. The van der Waals surface area contributed by atoms with Crippen molar-refractivity contribution in [2.24, 2.45) is 5.92 Å². The zero-order valence-corrected chi connectivity index (χ0v) is 9.92. The Bertz CT molecular complexity index is 311. The number of Topliss-reactive ketones (excluding diaryl/α,β-unsaturated/α-hetero) is 1. The summed E-state index contributed by atoms with van der Waals surface area (Å²) in [5, 5.41) is 0. The van der Waals surface area contributed by atoms with Gasteiger partial charge in [0.15, 0.2) is 5.78 Å². The van der Waals surface area contributed by atoms with Crippen molar-refractivity contribution in [1.29, 1.82) is 0 Å². The van der Waals surface area contributed by atoms with E-state index in [0.717, 1.165) is 24.8 Å². The second kappa shape index (κ2) is 5.69. The molecule has 0 fully saturated rings. The summed E-state index contributed by atoms with van der Waals surface area (Å²) in [7, 11) is 0. The van der Waals surface area contributed by atoms with E-state index in [9.17, 15) is 4.79 Å². The van der Waals surface area contributed by atoms with Crippen LogP contribution in [-0.2, 0) is 6.42 Å². The molecule has 0 aliphatic heterocycles. The molecule has 1 unspecified atom stereocenters. The monoisotopic (exact) mass is 204 g/mol. The number of hydrogen-bond donors (Lipinski definition) is 0. The van der Waals surface area contributed by atoms with Crippen LogP contribution in [0.4, 0.5) is 0 Å². The Morgan fingerprint density at radius 2 is 1.80 bits per heavy atom. The van der Waals surface area contributed by atoms with E-state index < -0.39 is 0 Å². The maximum absolute atomic E-state index is 11.9. The van der Waals surface area contributed by atoms with Gasteiger partial charge in [-0.15, -0.1) is 0 Å². The van der Waals surface area contributed by atoms with E-state index in [1.807, 2.05) is 31.2 Å². The molecule has 0 saturated heterocycles. The highest BCUT2D eigenvalue weighted by atomic mass is 16.1. The first-order chi connectivity index (χ1) is 7.19. The number of ketones is 1. The zero-order valence-electron chi connectivity index (χ0n) is 9.92. The van der Waals surface area contributed by atoms with Gasteiger partial charge in [0.05, 0.1) is 0 Å². The summed E-state index contributed by atoms with van der Waals surface area (Å²) in [6.07, 6.45) is 3.08. The molecule has 1 rings (SSSR count). The van der Waals surface area contributed by atoms with Gasteiger partial charge in [-0.25, -0.2) is 0 Å². The third kappa shape index (κ3) is 3.19. The van der Waals surface area contributed by atoms with Crippen LogP contribution in [0.15, 0.2) is 24.3 Å². The lowest BCUT2D eigenvalue weighted by Crippen LogP contribution is -2.10. The van der Waals surface area contributed by atoms with Crippen molar-refractivity contribution in [3.63, 3.8) is 0 Å². The Morgan fingerprint density at radius 1 is 1.20 bits per heavy atom. The van der Waals surface area contributed by atoms with Crippen LogP contribution in [0.1, 0.15) is 49.5 Å². The van der Waals surface area contributed by atoms with Gasteiger partial charge in [-0.1, -0.05) is 51.5 Å². The molecule has 15 heavy (non-hydrogen) atoms. The average molecular weight is 204 g/mol. The van der Waals surface area contributed by atoms with Crippen LogP contribution in [0.25, 0.3) is 0 Å². The molecule has 0 aromatic heterocycles. The van der Waals surface area contributed by atoms with Crippen molar-refractivity contribution in [3.8, 4) is 0 Å². The molecule has 0 aliphatic carbocycles. The van der Waals surface area contributed by atoms with E-state index in [1.165, 1.54) is 5.56 Å². The number of rotatable bonds is 5. The number of carbonyl (C=O) groups excluding carboxylic acids is 1. The number of aryl methyl sites for hydroxylation is 1. The molecule has 1 nitrogen and oxygen atoms in total. The lowest BCUT2D eigenvalue weighted by Gasteiger charge is -2.09. The summed E-state index contributed by atoms with van der Waals surface area (Å²) in [4.78, 5) is 11.9. The first kappa shape index (κ1) is 12.0. The minimum atomic E-state index is 0.155. The molecule has 0 heterocycles. The van der Waals surface area contributed by atoms with Crippen molar-refractivity contribution >= 4 is 5.78 Å². The van der Waals surface area contributed by atoms with Gasteiger partial charge in [0, 0.05) is 11.5 Å². The largest absolute Gasteiger partial charge is 0.294 e. The van der Waals surface area contributed by atoms with Gasteiger partial charge < -0.3 is 0 Å². The van der Waals surface area contributed by atoms with Crippen molar-refractivity contribution in [2.45, 2.75) is 40.0 Å². The summed E-state index contributed by atoms with van der Waals surface area (Å²) in [5.41, 5.74) is 2.14. The average Bonchev–Trinajstić information content (AvgIpc) is 2.28. The Morgan fingerprint density at radius 3 is 2.27 bits per heavy atom. The maximum atomic E-state index is 11.9. The van der Waals surface area contributed by atoms with Gasteiger partial charge >= 0.3 is 0 Å². The molecule has 1 heteroatoms. The molecule has 82 valence electrons. The van der Waals surface area contributed by atoms with Crippen LogP contribution in [0.3, 0.4) is 0 Å². The van der Waals surface area contributed by atoms with Gasteiger partial charge in [0.25, 0.3) is 0 Å². The third-order valence-corrected chi connectivity index (χ3v) is 2.82. The highest BCUT2D eigenvalue weighted by Crippen LogP contribution is 2.14. The van der Waals surface area contributed by atoms with Gasteiger partial charge in [0.2, 0.25) is 0 Å². The summed E-state index contributed by atoms with van der Waals surface area (Å²) in [6.45, 7) is 6.25. The smallest absolute Gasteiger partial charge is 0.165 e. The minimum absolute atomic E-state index is 0.155. The van der Waals surface area contributed by atoms with Gasteiger partial charge in [-0.3, -0.25) is 4.79 Å². The Labute approximate surface area is 92.5 Å². The third-order valence-electron chi connectivity index (χ3n) is 2.82. The minimum Gasteiger partial charge on any atom is -0.294 e. The van der Waals surface area contributed by atoms with Crippen LogP contribution >= 0.6 is 0 Å². The van der Waals surface area contributed by atoms with E-state index in [4.69, 9.17) is 0 Å². The number of hydrogen-bond acceptors (Lipinski definition) is 1. The first-order valence-corrected chi connectivity index (χ1v) is 5.82. The summed E-state index contributed by atoms with van der Waals surface area (Å²) in [5.74, 6) is 0.432. The lowest BCUT2D eigenvalue weighted by molar-refractivity contribution is 0.0923. The number of benzene rings is 1. The standard InChI is InChI=1S/C14H20O/c1-4-6-11(3)14(15)13-9-7-12(5-2)8-10-13/h7-11H,4-6H2,1-3H3. The van der Waals surface area contributed by atoms with E-state index in [-0.39, 0.29) is 11.7 Å². The normalized spacial score (nSPS) is 12.5. The van der Waals surface area contributed by atoms with Crippen molar-refractivity contribution in [3.05, 3.63) is 35.4 Å². The first-order valence-electron chi connectivity index (χ1n) is 5.82. The van der Waals surface area contributed by atoms with Crippen LogP contribution in [-0.4, -0.2) is 5.78 Å². The fourth-order valence-corrected chi connectivity index (χ4v) is 1.75. The van der Waals surface area contributed by atoms with Crippen LogP contribution in [0, 0.1) is 5.92 Å². The summed E-state index contributed by atoms with van der Waals surface area (Å²) in [6, 6.07) is 8.00. The van der Waals surface area contributed by atoms with Crippen LogP contribution in [0.2, 0.25) is 0 Å². The molecular weight excluding hydrogens is 184 g/mol. The SMILES string of the molecule is CCCC(C)C(=O)c1ccc(CC)cc1. The molecule has 0 spiro atoms. The van der Waals surface area contributed by atoms with Crippen LogP contribution in [0.5, 0.6) is 0 Å². The van der Waals surface area contributed by atoms with Gasteiger partial charge in [0.1, 0.15) is 0 Å². The fraction of sp³-hybridized carbons (Fsp3) is 0.500. The maximum Gasteiger partial charge on any atom is 0.165 e. The van der Waals surface area contributed by atoms with Crippen molar-refractivity contribution in [1.82, 2.24) is 0 Å². The van der Waals surface area contributed by atoms with E-state index in [1.54, 1.807) is 0 Å². The highest BCUT2D eigenvalue weighted by molar-refractivity contribution is 5.97. The molecule has 1 aromatic rings. The zero-order chi connectivity index (χ0) is 11.3. The predicted molar refractivity (Wildman–Crippen MR) is 64.2 cm³/mol. The summed E-state index contributed by atoms with van der Waals surface area (Å²) < 4.78 is 0. The van der Waals surface area contributed by atoms with Crippen molar-refractivity contribution in [2.75, 3.05) is 0 Å². The molecule has 0 aliphatic rings. The van der Waals surface area contributed by atoms with E-state index >= 15 is 0 Å². The quantitative estimate of drug-likeness (QED) is 0.665. The fourth-order valence-electron chi connectivity index (χ4n) is 1.75. The number of carbonyl (C=O) groups is 1. The highest BCUT2D eigenvalue weighted by Gasteiger charge is 2.13. The Balaban J connectivity index is 2.73.